The first kappa shape index (κ1) is 25.9. The summed E-state index contributed by atoms with van der Waals surface area (Å²) >= 11 is 0. The van der Waals surface area contributed by atoms with Gasteiger partial charge in [0, 0.05) is 35.5 Å². The highest BCUT2D eigenvalue weighted by molar-refractivity contribution is 6.01. The number of piperazine rings is 1. The van der Waals surface area contributed by atoms with Crippen molar-refractivity contribution in [2.75, 3.05) is 33.4 Å². The van der Waals surface area contributed by atoms with E-state index in [1.54, 1.807) is 29.0 Å². The molecule has 2 aliphatic heterocycles. The average Bonchev–Trinajstić information content (AvgIpc) is 3.36. The molecule has 6 rings (SSSR count). The Morgan fingerprint density at radius 2 is 1.82 bits per heavy atom. The Bertz CT molecular complexity index is 1600. The number of hydrogen-bond donors (Lipinski definition) is 1. The highest BCUT2D eigenvalue weighted by atomic mass is 19.1. The molecule has 8 heteroatoms. The van der Waals surface area contributed by atoms with Gasteiger partial charge in [0.1, 0.15) is 5.82 Å². The minimum atomic E-state index is -1.20. The van der Waals surface area contributed by atoms with E-state index in [9.17, 15) is 14.0 Å². The molecule has 2 atom stereocenters. The molecule has 3 aromatic carbocycles. The molecule has 40 heavy (non-hydrogen) atoms. The number of para-hydroxylation sites is 2. The zero-order chi connectivity index (χ0) is 28.0. The van der Waals surface area contributed by atoms with Gasteiger partial charge in [-0.3, -0.25) is 9.59 Å². The predicted octanol–water partition coefficient (Wildman–Crippen LogP) is 4.99. The van der Waals surface area contributed by atoms with E-state index in [4.69, 9.17) is 9.47 Å². The molecule has 3 heterocycles. The minimum absolute atomic E-state index is 0.00563. The second kappa shape index (κ2) is 10.0. The number of nitrogens with one attached hydrogen (secondary N) is 1. The van der Waals surface area contributed by atoms with Crippen LogP contribution >= 0.6 is 0 Å². The molecular weight excluding hydrogens is 509 g/mol. The summed E-state index contributed by atoms with van der Waals surface area (Å²) in [6, 6.07) is 20.1. The summed E-state index contributed by atoms with van der Waals surface area (Å²) in [5, 5.41) is 1.01. The quantitative estimate of drug-likeness (QED) is 0.358. The van der Waals surface area contributed by atoms with Crippen LogP contribution in [0.5, 0.6) is 11.5 Å². The Balaban J connectivity index is 1.46. The number of ether oxygens (including phenoxy) is 2. The van der Waals surface area contributed by atoms with Crippen LogP contribution in [-0.2, 0) is 21.5 Å². The fourth-order valence-electron chi connectivity index (χ4n) is 6.32. The number of halogens is 1. The minimum Gasteiger partial charge on any atom is -0.493 e. The SMILES string of the molecule is CCOc1c(OC)cccc1[C@@H]1CN2C(=O)CN(CCc3ccc(F)cc3)C(=O)[C@]2(C)c2[nH]c3ccccc3c21. The Morgan fingerprint density at radius 1 is 1.05 bits per heavy atom. The van der Waals surface area contributed by atoms with E-state index in [0.29, 0.717) is 37.6 Å². The Morgan fingerprint density at radius 3 is 2.58 bits per heavy atom. The van der Waals surface area contributed by atoms with Gasteiger partial charge in [-0.2, -0.15) is 0 Å². The van der Waals surface area contributed by atoms with Crippen LogP contribution in [0, 0.1) is 5.82 Å². The second-order valence-electron chi connectivity index (χ2n) is 10.5. The van der Waals surface area contributed by atoms with Gasteiger partial charge in [-0.25, -0.2) is 4.39 Å². The lowest BCUT2D eigenvalue weighted by atomic mass is 9.76. The molecule has 2 amide bonds. The van der Waals surface area contributed by atoms with Crippen molar-refractivity contribution in [2.24, 2.45) is 0 Å². The zero-order valence-corrected chi connectivity index (χ0v) is 22.9. The summed E-state index contributed by atoms with van der Waals surface area (Å²) in [7, 11) is 1.62. The molecule has 1 aromatic heterocycles. The summed E-state index contributed by atoms with van der Waals surface area (Å²) < 4.78 is 25.1. The topological polar surface area (TPSA) is 74.9 Å². The van der Waals surface area contributed by atoms with Gasteiger partial charge in [0.25, 0.3) is 5.91 Å². The van der Waals surface area contributed by atoms with Gasteiger partial charge < -0.3 is 24.3 Å². The van der Waals surface area contributed by atoms with Gasteiger partial charge in [0.05, 0.1) is 26.0 Å². The normalized spacial score (nSPS) is 20.4. The zero-order valence-electron chi connectivity index (χ0n) is 22.9. The van der Waals surface area contributed by atoms with Crippen LogP contribution in [0.25, 0.3) is 10.9 Å². The van der Waals surface area contributed by atoms with Crippen molar-refractivity contribution < 1.29 is 23.5 Å². The summed E-state index contributed by atoms with van der Waals surface area (Å²) in [5.74, 6) is 0.491. The van der Waals surface area contributed by atoms with Crippen LogP contribution in [0.4, 0.5) is 4.39 Å². The molecule has 1 saturated heterocycles. The molecule has 0 saturated carbocycles. The predicted molar refractivity (Wildman–Crippen MR) is 150 cm³/mol. The van der Waals surface area contributed by atoms with E-state index in [1.165, 1.54) is 12.1 Å². The van der Waals surface area contributed by atoms with Crippen molar-refractivity contribution in [3.63, 3.8) is 0 Å². The molecule has 0 aliphatic carbocycles. The Labute approximate surface area is 232 Å². The molecule has 4 aromatic rings. The first-order valence-electron chi connectivity index (χ1n) is 13.6. The van der Waals surface area contributed by atoms with Crippen molar-refractivity contribution in [1.82, 2.24) is 14.8 Å². The Hall–Kier alpha value is -4.33. The number of rotatable bonds is 7. The number of hydrogen-bond acceptors (Lipinski definition) is 4. The Kier molecular flexibility index (Phi) is 6.49. The van der Waals surface area contributed by atoms with Gasteiger partial charge >= 0.3 is 0 Å². The van der Waals surface area contributed by atoms with Crippen LogP contribution in [-0.4, -0.2) is 59.9 Å². The van der Waals surface area contributed by atoms with Crippen LogP contribution in [0.2, 0.25) is 0 Å². The third kappa shape index (κ3) is 4.01. The van der Waals surface area contributed by atoms with Crippen LogP contribution in [0.3, 0.4) is 0 Å². The molecule has 0 bridgehead atoms. The maximum absolute atomic E-state index is 14.3. The number of benzene rings is 3. The van der Waals surface area contributed by atoms with E-state index < -0.39 is 5.54 Å². The van der Waals surface area contributed by atoms with E-state index >= 15 is 0 Å². The first-order chi connectivity index (χ1) is 19.4. The number of aromatic nitrogens is 1. The van der Waals surface area contributed by atoms with Crippen LogP contribution in [0.15, 0.2) is 66.7 Å². The van der Waals surface area contributed by atoms with Crippen molar-refractivity contribution >= 4 is 22.7 Å². The number of nitrogens with zero attached hydrogens (tertiary/aromatic N) is 2. The summed E-state index contributed by atoms with van der Waals surface area (Å²) in [5.41, 5.74) is 3.24. The average molecular weight is 542 g/mol. The maximum Gasteiger partial charge on any atom is 0.254 e. The van der Waals surface area contributed by atoms with Gasteiger partial charge in [-0.05, 0) is 55.7 Å². The number of carbonyl (C=O) groups is 2. The lowest BCUT2D eigenvalue weighted by molar-refractivity contribution is -0.166. The number of fused-ring (bicyclic) bond motifs is 5. The molecular formula is C32H32FN3O4. The molecule has 1 fully saturated rings. The molecule has 206 valence electrons. The van der Waals surface area contributed by atoms with Crippen molar-refractivity contribution in [3.8, 4) is 11.5 Å². The fraction of sp³-hybridized carbons (Fsp3) is 0.312. The molecule has 0 unspecified atom stereocenters. The van der Waals surface area contributed by atoms with Crippen molar-refractivity contribution in [2.45, 2.75) is 31.7 Å². The lowest BCUT2D eigenvalue weighted by Crippen LogP contribution is -2.67. The maximum atomic E-state index is 14.3. The number of H-pyrrole nitrogens is 1. The van der Waals surface area contributed by atoms with Crippen LogP contribution < -0.4 is 9.47 Å². The highest BCUT2D eigenvalue weighted by Crippen LogP contribution is 2.50. The third-order valence-electron chi connectivity index (χ3n) is 8.29. The van der Waals surface area contributed by atoms with Gasteiger partial charge in [0.15, 0.2) is 17.0 Å². The largest absolute Gasteiger partial charge is 0.493 e. The van der Waals surface area contributed by atoms with Crippen molar-refractivity contribution in [1.29, 1.82) is 0 Å². The molecule has 0 spiro atoms. The van der Waals surface area contributed by atoms with E-state index in [1.807, 2.05) is 50.2 Å². The first-order valence-corrected chi connectivity index (χ1v) is 13.6. The molecule has 7 nitrogen and oxygen atoms in total. The number of carbonyl (C=O) groups excluding carboxylic acids is 2. The third-order valence-corrected chi connectivity index (χ3v) is 8.29. The second-order valence-corrected chi connectivity index (χ2v) is 10.5. The van der Waals surface area contributed by atoms with E-state index in [-0.39, 0.29) is 30.1 Å². The highest BCUT2D eigenvalue weighted by Gasteiger charge is 2.56. The smallest absolute Gasteiger partial charge is 0.254 e. The summed E-state index contributed by atoms with van der Waals surface area (Å²) in [6.45, 7) is 4.92. The van der Waals surface area contributed by atoms with Crippen LogP contribution in [0.1, 0.15) is 42.1 Å². The molecule has 1 N–H and O–H groups in total. The number of methoxy groups -OCH3 is 1. The number of amides is 2. The van der Waals surface area contributed by atoms with Gasteiger partial charge in [0.2, 0.25) is 5.91 Å². The number of aromatic amines is 1. The summed E-state index contributed by atoms with van der Waals surface area (Å²) in [4.78, 5) is 34.9. The van der Waals surface area contributed by atoms with Gasteiger partial charge in [-0.15, -0.1) is 0 Å². The van der Waals surface area contributed by atoms with E-state index in [2.05, 4.69) is 11.1 Å². The standard InChI is InChI=1S/C32H32FN3O4/c1-4-40-29-22(9-7-11-26(29)39-3)24-18-36-27(37)19-35(17-16-20-12-14-21(33)15-13-20)31(38)32(36,2)30-28(24)23-8-5-6-10-25(23)34-30/h5-15,24,34H,4,16-19H2,1-3H3/t24-,32-/m0/s1. The molecule has 2 aliphatic rings. The fourth-order valence-corrected chi connectivity index (χ4v) is 6.32. The molecule has 0 radical (unpaired) electrons. The monoisotopic (exact) mass is 541 g/mol. The lowest BCUT2D eigenvalue weighted by Gasteiger charge is -2.51. The van der Waals surface area contributed by atoms with Crippen molar-refractivity contribution in [3.05, 3.63) is 94.9 Å². The van der Waals surface area contributed by atoms with E-state index in [0.717, 1.165) is 33.3 Å². The van der Waals surface area contributed by atoms with Gasteiger partial charge in [-0.1, -0.05) is 42.5 Å². The summed E-state index contributed by atoms with van der Waals surface area (Å²) in [6.07, 6.45) is 0.527.